The number of hydrogen-bond donors (Lipinski definition) is 0. The quantitative estimate of drug-likeness (QED) is 0.202. The molecule has 1 unspecified atom stereocenters. The minimum atomic E-state index is 0.185. The molecule has 0 bridgehead atoms. The second-order valence-electron chi connectivity index (χ2n) is 11.7. The molecule has 2 heteroatoms. The van der Waals surface area contributed by atoms with Gasteiger partial charge in [0.05, 0.1) is 22.6 Å². The van der Waals surface area contributed by atoms with Crippen LogP contribution in [0.1, 0.15) is 18.0 Å². The van der Waals surface area contributed by atoms with Gasteiger partial charge in [-0.15, -0.1) is 0 Å². The normalized spacial score (nSPS) is 15.0. The number of fused-ring (bicyclic) bond motifs is 7. The Balaban J connectivity index is 1.36. The van der Waals surface area contributed by atoms with E-state index in [2.05, 4.69) is 173 Å². The van der Waals surface area contributed by atoms with E-state index in [0.29, 0.717) is 0 Å². The predicted octanol–water partition coefficient (Wildman–Crippen LogP) is 11.1. The molecule has 0 aliphatic heterocycles. The maximum Gasteiger partial charge on any atom is 0.0785 e. The Morgan fingerprint density at radius 2 is 1.09 bits per heavy atom. The van der Waals surface area contributed by atoms with Crippen LogP contribution in [0, 0.1) is 0 Å². The zero-order valence-corrected chi connectivity index (χ0v) is 24.3. The minimum Gasteiger partial charge on any atom is -0.331 e. The molecule has 1 aliphatic rings. The second-order valence-corrected chi connectivity index (χ2v) is 11.7. The summed E-state index contributed by atoms with van der Waals surface area (Å²) in [5.74, 6) is 0. The van der Waals surface area contributed by atoms with Crippen molar-refractivity contribution in [1.29, 1.82) is 0 Å². The zero-order valence-electron chi connectivity index (χ0n) is 24.3. The average molecular weight is 563 g/mol. The lowest BCUT2D eigenvalue weighted by atomic mass is 9.94. The van der Waals surface area contributed by atoms with Gasteiger partial charge in [-0.2, -0.15) is 0 Å². The van der Waals surface area contributed by atoms with Crippen molar-refractivity contribution in [3.63, 3.8) is 0 Å². The summed E-state index contributed by atoms with van der Waals surface area (Å²) in [4.78, 5) is 0. The monoisotopic (exact) mass is 562 g/mol. The second kappa shape index (κ2) is 10.00. The molecule has 2 heterocycles. The first-order valence-corrected chi connectivity index (χ1v) is 15.4. The third-order valence-corrected chi connectivity index (χ3v) is 9.25. The third kappa shape index (κ3) is 3.81. The Bertz CT molecular complexity index is 2400. The van der Waals surface area contributed by atoms with Crippen molar-refractivity contribution in [2.75, 3.05) is 0 Å². The molecule has 0 saturated heterocycles. The van der Waals surface area contributed by atoms with E-state index >= 15 is 0 Å². The standard InChI is InChI=1S/C42H30N2/c1-3-13-29(14-4-1)31-17-11-19-33(27-31)43-39-23-9-7-21-35(39)37-25-26-38-36-22-8-10-24-40(36)44(42(38)41(37)43)34-20-12-18-32(28-34)30-15-5-2-6-16-30/h1-27,34H,28H2. The molecule has 2 nitrogen and oxygen atoms in total. The van der Waals surface area contributed by atoms with Gasteiger partial charge in [0.25, 0.3) is 0 Å². The maximum absolute atomic E-state index is 2.61. The predicted molar refractivity (Wildman–Crippen MR) is 186 cm³/mol. The van der Waals surface area contributed by atoms with Gasteiger partial charge in [-0.05, 0) is 52.9 Å². The Hall–Kier alpha value is -5.60. The molecule has 9 rings (SSSR count). The summed E-state index contributed by atoms with van der Waals surface area (Å²) >= 11 is 0. The van der Waals surface area contributed by atoms with Crippen molar-refractivity contribution in [1.82, 2.24) is 9.13 Å². The first kappa shape index (κ1) is 24.9. The average Bonchev–Trinajstić information content (AvgIpc) is 3.62. The highest BCUT2D eigenvalue weighted by Gasteiger charge is 2.24. The lowest BCUT2D eigenvalue weighted by Crippen LogP contribution is -2.10. The molecule has 8 aromatic rings. The van der Waals surface area contributed by atoms with Crippen LogP contribution in [0.5, 0.6) is 0 Å². The van der Waals surface area contributed by atoms with Crippen molar-refractivity contribution < 1.29 is 0 Å². The van der Waals surface area contributed by atoms with Gasteiger partial charge < -0.3 is 9.13 Å². The van der Waals surface area contributed by atoms with Crippen LogP contribution >= 0.6 is 0 Å². The molecule has 44 heavy (non-hydrogen) atoms. The molecule has 1 atom stereocenters. The van der Waals surface area contributed by atoms with Gasteiger partial charge in [-0.3, -0.25) is 0 Å². The fourth-order valence-corrected chi connectivity index (χ4v) is 7.31. The Morgan fingerprint density at radius 3 is 1.86 bits per heavy atom. The van der Waals surface area contributed by atoms with E-state index in [1.165, 1.54) is 71.6 Å². The maximum atomic E-state index is 2.61. The van der Waals surface area contributed by atoms with Crippen LogP contribution < -0.4 is 0 Å². The van der Waals surface area contributed by atoms with Gasteiger partial charge in [0.1, 0.15) is 0 Å². The first-order chi connectivity index (χ1) is 21.8. The SMILES string of the molecule is C1=CC(n2c3ccccc3c3ccc4c5ccccc5n(-c5cccc(-c6ccccc6)c5)c4c32)CC(c2ccccc2)=C1. The molecule has 0 saturated carbocycles. The highest BCUT2D eigenvalue weighted by Crippen LogP contribution is 2.44. The van der Waals surface area contributed by atoms with E-state index in [4.69, 9.17) is 0 Å². The minimum absolute atomic E-state index is 0.185. The summed E-state index contributed by atoms with van der Waals surface area (Å²) in [7, 11) is 0. The number of rotatable bonds is 4. The van der Waals surface area contributed by atoms with E-state index in [1.54, 1.807) is 0 Å². The number of allylic oxidation sites excluding steroid dienone is 4. The van der Waals surface area contributed by atoms with Crippen molar-refractivity contribution in [3.05, 3.63) is 169 Å². The van der Waals surface area contributed by atoms with Crippen molar-refractivity contribution in [2.45, 2.75) is 12.5 Å². The van der Waals surface area contributed by atoms with Gasteiger partial charge in [-0.1, -0.05) is 140 Å². The van der Waals surface area contributed by atoms with Gasteiger partial charge in [0, 0.05) is 32.7 Å². The van der Waals surface area contributed by atoms with Crippen molar-refractivity contribution >= 4 is 49.2 Å². The number of benzene rings is 6. The van der Waals surface area contributed by atoms with Crippen LogP contribution in [0.25, 0.3) is 66.0 Å². The summed E-state index contributed by atoms with van der Waals surface area (Å²) in [5.41, 5.74) is 11.3. The van der Waals surface area contributed by atoms with Crippen LogP contribution in [-0.2, 0) is 0 Å². The van der Waals surface area contributed by atoms with Crippen LogP contribution in [0.4, 0.5) is 0 Å². The summed E-state index contributed by atoms with van der Waals surface area (Å²) in [6.45, 7) is 0. The van der Waals surface area contributed by atoms with Crippen LogP contribution in [0.3, 0.4) is 0 Å². The molecule has 0 radical (unpaired) electrons. The summed E-state index contributed by atoms with van der Waals surface area (Å²) in [5, 5.41) is 5.14. The van der Waals surface area contributed by atoms with Crippen molar-refractivity contribution in [3.8, 4) is 16.8 Å². The van der Waals surface area contributed by atoms with Crippen LogP contribution in [-0.4, -0.2) is 9.13 Å². The third-order valence-electron chi connectivity index (χ3n) is 9.25. The molecular weight excluding hydrogens is 532 g/mol. The Labute approximate surface area is 256 Å². The molecule has 2 aromatic heterocycles. The van der Waals surface area contributed by atoms with E-state index in [1.807, 2.05) is 0 Å². The molecule has 0 N–H and O–H groups in total. The van der Waals surface area contributed by atoms with Gasteiger partial charge >= 0.3 is 0 Å². The van der Waals surface area contributed by atoms with Gasteiger partial charge in [0.15, 0.2) is 0 Å². The van der Waals surface area contributed by atoms with E-state index in [-0.39, 0.29) is 6.04 Å². The lowest BCUT2D eigenvalue weighted by Gasteiger charge is -2.23. The molecule has 0 spiro atoms. The van der Waals surface area contributed by atoms with E-state index < -0.39 is 0 Å². The lowest BCUT2D eigenvalue weighted by molar-refractivity contribution is 0.657. The largest absolute Gasteiger partial charge is 0.331 e. The molecular formula is C42H30N2. The number of hydrogen-bond acceptors (Lipinski definition) is 0. The number of para-hydroxylation sites is 2. The van der Waals surface area contributed by atoms with Gasteiger partial charge in [0.2, 0.25) is 0 Å². The smallest absolute Gasteiger partial charge is 0.0785 e. The molecule has 1 aliphatic carbocycles. The topological polar surface area (TPSA) is 9.86 Å². The molecule has 208 valence electrons. The molecule has 0 amide bonds. The number of aromatic nitrogens is 2. The zero-order chi connectivity index (χ0) is 29.0. The molecule has 6 aromatic carbocycles. The van der Waals surface area contributed by atoms with Gasteiger partial charge in [-0.25, -0.2) is 0 Å². The number of nitrogens with zero attached hydrogens (tertiary/aromatic N) is 2. The molecule has 0 fully saturated rings. The fraction of sp³-hybridized carbons (Fsp3) is 0.0476. The highest BCUT2D eigenvalue weighted by molar-refractivity contribution is 6.23. The first-order valence-electron chi connectivity index (χ1n) is 15.4. The van der Waals surface area contributed by atoms with E-state index in [0.717, 1.165) is 6.42 Å². The highest BCUT2D eigenvalue weighted by atomic mass is 15.1. The summed E-state index contributed by atoms with van der Waals surface area (Å²) in [6, 6.07) is 53.1. The van der Waals surface area contributed by atoms with Crippen LogP contribution in [0.2, 0.25) is 0 Å². The Kier molecular flexibility index (Phi) is 5.67. The summed E-state index contributed by atoms with van der Waals surface area (Å²) in [6.07, 6.45) is 7.84. The van der Waals surface area contributed by atoms with E-state index in [9.17, 15) is 0 Å². The van der Waals surface area contributed by atoms with Crippen molar-refractivity contribution in [2.24, 2.45) is 0 Å². The Morgan fingerprint density at radius 1 is 0.477 bits per heavy atom. The summed E-state index contributed by atoms with van der Waals surface area (Å²) < 4.78 is 5.10. The fourth-order valence-electron chi connectivity index (χ4n) is 7.31. The van der Waals surface area contributed by atoms with Crippen LogP contribution in [0.15, 0.2) is 164 Å².